The molecule has 0 unspecified atom stereocenters. The van der Waals surface area contributed by atoms with Crippen LogP contribution in [-0.2, 0) is 0 Å². The summed E-state index contributed by atoms with van der Waals surface area (Å²) in [6.07, 6.45) is 1.98. The van der Waals surface area contributed by atoms with Crippen molar-refractivity contribution in [3.05, 3.63) is 17.8 Å². The van der Waals surface area contributed by atoms with E-state index >= 15 is 0 Å². The van der Waals surface area contributed by atoms with Gasteiger partial charge in [-0.15, -0.1) is 12.4 Å². The molecule has 2 N–H and O–H groups in total. The van der Waals surface area contributed by atoms with Gasteiger partial charge in [-0.1, -0.05) is 0 Å². The molecule has 18 heavy (non-hydrogen) atoms. The maximum atomic E-state index is 5.88. The number of rotatable bonds is 1. The predicted octanol–water partition coefficient (Wildman–Crippen LogP) is 1.88. The Morgan fingerprint density at radius 3 is 2.72 bits per heavy atom. The van der Waals surface area contributed by atoms with Gasteiger partial charge in [-0.05, 0) is 31.9 Å². The zero-order chi connectivity index (χ0) is 11.8. The quantitative estimate of drug-likeness (QED) is 0.855. The number of anilines is 1. The summed E-state index contributed by atoms with van der Waals surface area (Å²) in [5, 5.41) is 0. The third-order valence-corrected chi connectivity index (χ3v) is 3.19. The lowest BCUT2D eigenvalue weighted by molar-refractivity contribution is 0.466. The first kappa shape index (κ1) is 13.1. The molecule has 0 radical (unpaired) electrons. The first-order valence-corrected chi connectivity index (χ1v) is 5.97. The van der Waals surface area contributed by atoms with Crippen LogP contribution in [0.3, 0.4) is 0 Å². The van der Waals surface area contributed by atoms with Crippen molar-refractivity contribution in [1.29, 1.82) is 0 Å². The lowest BCUT2D eigenvalue weighted by Gasteiger charge is -2.28. The average molecular weight is 269 g/mol. The van der Waals surface area contributed by atoms with Crippen molar-refractivity contribution in [2.75, 3.05) is 18.0 Å². The van der Waals surface area contributed by atoms with E-state index in [4.69, 9.17) is 10.2 Å². The van der Waals surface area contributed by atoms with Gasteiger partial charge in [0.1, 0.15) is 0 Å². The molecule has 0 amide bonds. The fourth-order valence-electron chi connectivity index (χ4n) is 2.13. The van der Waals surface area contributed by atoms with Crippen molar-refractivity contribution < 1.29 is 4.42 Å². The molecule has 0 atom stereocenters. The SMILES string of the molecule is Cc1ccc2oc(N3CCC(N)CC3)nc2n1.Cl. The van der Waals surface area contributed by atoms with Gasteiger partial charge in [-0.25, -0.2) is 4.98 Å². The van der Waals surface area contributed by atoms with Crippen molar-refractivity contribution >= 4 is 29.7 Å². The number of hydrogen-bond acceptors (Lipinski definition) is 5. The van der Waals surface area contributed by atoms with Gasteiger partial charge in [0, 0.05) is 24.8 Å². The standard InChI is InChI=1S/C12H16N4O.ClH/c1-8-2-3-10-11(14-8)15-12(17-10)16-6-4-9(13)5-7-16;/h2-3,9H,4-7,13H2,1H3;1H. The van der Waals surface area contributed by atoms with E-state index in [0.717, 1.165) is 37.2 Å². The second kappa shape index (κ2) is 5.12. The van der Waals surface area contributed by atoms with Crippen molar-refractivity contribution in [2.24, 2.45) is 5.73 Å². The maximum absolute atomic E-state index is 5.88. The highest BCUT2D eigenvalue weighted by Gasteiger charge is 2.20. The molecule has 1 aliphatic rings. The minimum atomic E-state index is 0. The van der Waals surface area contributed by atoms with E-state index in [-0.39, 0.29) is 12.4 Å². The molecule has 1 aliphatic heterocycles. The summed E-state index contributed by atoms with van der Waals surface area (Å²) in [5.41, 5.74) is 8.28. The van der Waals surface area contributed by atoms with E-state index in [0.29, 0.717) is 17.7 Å². The smallest absolute Gasteiger partial charge is 0.299 e. The molecular weight excluding hydrogens is 252 g/mol. The Bertz CT molecular complexity index is 534. The van der Waals surface area contributed by atoms with E-state index in [1.54, 1.807) is 0 Å². The molecule has 0 spiro atoms. The Kier molecular flexibility index (Phi) is 3.73. The van der Waals surface area contributed by atoms with E-state index in [2.05, 4.69) is 14.9 Å². The molecule has 0 aliphatic carbocycles. The lowest BCUT2D eigenvalue weighted by atomic mass is 10.1. The van der Waals surface area contributed by atoms with Crippen LogP contribution < -0.4 is 10.6 Å². The number of aromatic nitrogens is 2. The van der Waals surface area contributed by atoms with Crippen LogP contribution in [-0.4, -0.2) is 29.1 Å². The molecule has 0 bridgehead atoms. The highest BCUT2D eigenvalue weighted by Crippen LogP contribution is 2.23. The largest absolute Gasteiger partial charge is 0.422 e. The summed E-state index contributed by atoms with van der Waals surface area (Å²) in [6.45, 7) is 3.77. The van der Waals surface area contributed by atoms with Crippen LogP contribution in [0.25, 0.3) is 11.2 Å². The van der Waals surface area contributed by atoms with Gasteiger partial charge >= 0.3 is 0 Å². The van der Waals surface area contributed by atoms with Gasteiger partial charge in [-0.3, -0.25) is 0 Å². The van der Waals surface area contributed by atoms with Crippen LogP contribution in [0, 0.1) is 6.92 Å². The third kappa shape index (κ3) is 2.42. The van der Waals surface area contributed by atoms with Gasteiger partial charge in [0.25, 0.3) is 6.01 Å². The highest BCUT2D eigenvalue weighted by molar-refractivity contribution is 5.85. The van der Waals surface area contributed by atoms with E-state index in [1.807, 2.05) is 19.1 Å². The Labute approximate surface area is 112 Å². The Balaban J connectivity index is 0.00000120. The zero-order valence-electron chi connectivity index (χ0n) is 10.3. The van der Waals surface area contributed by atoms with Gasteiger partial charge < -0.3 is 15.1 Å². The lowest BCUT2D eigenvalue weighted by Crippen LogP contribution is -2.39. The number of aryl methyl sites for hydroxylation is 1. The van der Waals surface area contributed by atoms with Gasteiger partial charge in [0.2, 0.25) is 5.65 Å². The summed E-state index contributed by atoms with van der Waals surface area (Å²) in [4.78, 5) is 10.9. The molecular formula is C12H17ClN4O. The summed E-state index contributed by atoms with van der Waals surface area (Å²) in [7, 11) is 0. The summed E-state index contributed by atoms with van der Waals surface area (Å²) in [6, 6.07) is 4.84. The number of oxazole rings is 1. The number of nitrogens with two attached hydrogens (primary N) is 1. The molecule has 6 heteroatoms. The van der Waals surface area contributed by atoms with Crippen molar-refractivity contribution in [3.63, 3.8) is 0 Å². The van der Waals surface area contributed by atoms with Crippen LogP contribution in [0.15, 0.2) is 16.5 Å². The number of halogens is 1. The molecule has 0 saturated carbocycles. The van der Waals surface area contributed by atoms with Gasteiger partial charge in [0.15, 0.2) is 5.58 Å². The van der Waals surface area contributed by atoms with E-state index in [9.17, 15) is 0 Å². The second-order valence-electron chi connectivity index (χ2n) is 4.60. The third-order valence-electron chi connectivity index (χ3n) is 3.19. The average Bonchev–Trinajstić information content (AvgIpc) is 2.72. The van der Waals surface area contributed by atoms with Crippen LogP contribution in [0.2, 0.25) is 0 Å². The number of nitrogens with zero attached hydrogens (tertiary/aromatic N) is 3. The van der Waals surface area contributed by atoms with Gasteiger partial charge in [-0.2, -0.15) is 4.98 Å². The number of pyridine rings is 1. The topological polar surface area (TPSA) is 68.2 Å². The van der Waals surface area contributed by atoms with Crippen molar-refractivity contribution in [3.8, 4) is 0 Å². The van der Waals surface area contributed by atoms with Crippen LogP contribution in [0.4, 0.5) is 6.01 Å². The summed E-state index contributed by atoms with van der Waals surface area (Å²) < 4.78 is 5.71. The molecule has 3 rings (SSSR count). The first-order chi connectivity index (χ1) is 8.22. The normalized spacial score (nSPS) is 16.9. The summed E-state index contributed by atoms with van der Waals surface area (Å²) >= 11 is 0. The molecule has 1 saturated heterocycles. The molecule has 2 aromatic rings. The van der Waals surface area contributed by atoms with Crippen molar-refractivity contribution in [1.82, 2.24) is 9.97 Å². The predicted molar refractivity (Wildman–Crippen MR) is 73.2 cm³/mol. The van der Waals surface area contributed by atoms with Crippen LogP contribution in [0.5, 0.6) is 0 Å². The zero-order valence-corrected chi connectivity index (χ0v) is 11.1. The van der Waals surface area contributed by atoms with Crippen LogP contribution >= 0.6 is 12.4 Å². The highest BCUT2D eigenvalue weighted by atomic mass is 35.5. The summed E-state index contributed by atoms with van der Waals surface area (Å²) in [5.74, 6) is 0. The minimum absolute atomic E-state index is 0. The Morgan fingerprint density at radius 2 is 2.00 bits per heavy atom. The van der Waals surface area contributed by atoms with Crippen molar-refractivity contribution in [2.45, 2.75) is 25.8 Å². The van der Waals surface area contributed by atoms with Crippen LogP contribution in [0.1, 0.15) is 18.5 Å². The monoisotopic (exact) mass is 268 g/mol. The maximum Gasteiger partial charge on any atom is 0.299 e. The molecule has 2 aromatic heterocycles. The number of fused-ring (bicyclic) bond motifs is 1. The van der Waals surface area contributed by atoms with Gasteiger partial charge in [0.05, 0.1) is 0 Å². The molecule has 1 fully saturated rings. The molecule has 5 nitrogen and oxygen atoms in total. The second-order valence-corrected chi connectivity index (χ2v) is 4.60. The van der Waals surface area contributed by atoms with E-state index in [1.165, 1.54) is 0 Å². The number of piperidine rings is 1. The Hall–Kier alpha value is -1.33. The molecule has 0 aromatic carbocycles. The Morgan fingerprint density at radius 1 is 1.28 bits per heavy atom. The number of hydrogen-bond donors (Lipinski definition) is 1. The molecule has 3 heterocycles. The fourth-order valence-corrected chi connectivity index (χ4v) is 2.13. The first-order valence-electron chi connectivity index (χ1n) is 5.97. The fraction of sp³-hybridized carbons (Fsp3) is 0.500. The minimum Gasteiger partial charge on any atom is -0.422 e. The van der Waals surface area contributed by atoms with E-state index < -0.39 is 0 Å². The molecule has 98 valence electrons.